The van der Waals surface area contributed by atoms with Crippen molar-refractivity contribution in [1.82, 2.24) is 0 Å². The van der Waals surface area contributed by atoms with Crippen molar-refractivity contribution < 1.29 is 14.3 Å². The van der Waals surface area contributed by atoms with Crippen molar-refractivity contribution in [2.45, 2.75) is 6.92 Å². The Morgan fingerprint density at radius 2 is 1.58 bits per heavy atom. The van der Waals surface area contributed by atoms with E-state index in [2.05, 4.69) is 17.2 Å². The molecule has 0 atom stereocenters. The van der Waals surface area contributed by atoms with E-state index in [4.69, 9.17) is 9.47 Å². The molecule has 1 amide bonds. The molecule has 5 nitrogen and oxygen atoms in total. The second kappa shape index (κ2) is 8.62. The monoisotopic (exact) mass is 326 g/mol. The van der Waals surface area contributed by atoms with Crippen molar-refractivity contribution in [1.29, 1.82) is 0 Å². The Bertz CT molecular complexity index is 679. The number of nitrogens with one attached hydrogen (secondary N) is 2. The Morgan fingerprint density at radius 1 is 1.00 bits per heavy atom. The van der Waals surface area contributed by atoms with Gasteiger partial charge in [0.25, 0.3) is 0 Å². The number of anilines is 2. The molecule has 0 aromatic heterocycles. The highest BCUT2D eigenvalue weighted by Gasteiger charge is 2.03. The van der Waals surface area contributed by atoms with Crippen molar-refractivity contribution in [3.05, 3.63) is 60.7 Å². The van der Waals surface area contributed by atoms with E-state index >= 15 is 0 Å². The lowest BCUT2D eigenvalue weighted by atomic mass is 10.3. The third kappa shape index (κ3) is 5.68. The number of hydrogen-bond donors (Lipinski definition) is 2. The van der Waals surface area contributed by atoms with Crippen molar-refractivity contribution in [2.75, 3.05) is 30.9 Å². The van der Waals surface area contributed by atoms with E-state index in [1.807, 2.05) is 43.3 Å². The first-order valence-electron chi connectivity index (χ1n) is 7.62. The minimum Gasteiger partial charge on any atom is -0.497 e. The predicted molar refractivity (Wildman–Crippen MR) is 96.9 cm³/mol. The van der Waals surface area contributed by atoms with Gasteiger partial charge in [-0.05, 0) is 61.0 Å². The molecule has 2 aromatic carbocycles. The SMILES string of the molecule is C=C(C)COc1ccc(NC(=O)CNc2ccc(OC)cc2)cc1. The molecular weight excluding hydrogens is 304 g/mol. The lowest BCUT2D eigenvalue weighted by molar-refractivity contribution is -0.114. The van der Waals surface area contributed by atoms with Crippen LogP contribution < -0.4 is 20.1 Å². The van der Waals surface area contributed by atoms with Crippen molar-refractivity contribution >= 4 is 17.3 Å². The zero-order valence-corrected chi connectivity index (χ0v) is 14.0. The van der Waals surface area contributed by atoms with Crippen LogP contribution in [0.5, 0.6) is 11.5 Å². The zero-order chi connectivity index (χ0) is 17.4. The molecule has 2 rings (SSSR count). The van der Waals surface area contributed by atoms with Crippen molar-refractivity contribution in [3.8, 4) is 11.5 Å². The Labute approximate surface area is 142 Å². The molecule has 0 saturated carbocycles. The molecule has 24 heavy (non-hydrogen) atoms. The number of amides is 1. The van der Waals surface area contributed by atoms with E-state index in [0.29, 0.717) is 6.61 Å². The Balaban J connectivity index is 1.79. The van der Waals surface area contributed by atoms with E-state index < -0.39 is 0 Å². The van der Waals surface area contributed by atoms with E-state index in [0.717, 1.165) is 28.4 Å². The van der Waals surface area contributed by atoms with Gasteiger partial charge in [-0.3, -0.25) is 4.79 Å². The number of hydrogen-bond acceptors (Lipinski definition) is 4. The van der Waals surface area contributed by atoms with E-state index in [9.17, 15) is 4.79 Å². The summed E-state index contributed by atoms with van der Waals surface area (Å²) in [5, 5.41) is 5.89. The summed E-state index contributed by atoms with van der Waals surface area (Å²) in [5.74, 6) is 1.40. The van der Waals surface area contributed by atoms with Gasteiger partial charge in [-0.1, -0.05) is 6.58 Å². The fraction of sp³-hybridized carbons (Fsp3) is 0.211. The number of ether oxygens (including phenoxy) is 2. The van der Waals surface area contributed by atoms with Crippen LogP contribution in [-0.4, -0.2) is 26.2 Å². The predicted octanol–water partition coefficient (Wildman–Crippen LogP) is 3.70. The van der Waals surface area contributed by atoms with Crippen LogP contribution in [0.15, 0.2) is 60.7 Å². The molecule has 0 aliphatic heterocycles. The van der Waals surface area contributed by atoms with Gasteiger partial charge in [0.05, 0.1) is 13.7 Å². The second-order valence-corrected chi connectivity index (χ2v) is 5.40. The number of benzene rings is 2. The summed E-state index contributed by atoms with van der Waals surface area (Å²) >= 11 is 0. The van der Waals surface area contributed by atoms with Gasteiger partial charge in [0.2, 0.25) is 5.91 Å². The van der Waals surface area contributed by atoms with Crippen LogP contribution in [-0.2, 0) is 4.79 Å². The van der Waals surface area contributed by atoms with Gasteiger partial charge >= 0.3 is 0 Å². The van der Waals surface area contributed by atoms with Crippen LogP contribution in [0.1, 0.15) is 6.92 Å². The molecule has 2 N–H and O–H groups in total. The Morgan fingerprint density at radius 3 is 2.17 bits per heavy atom. The summed E-state index contributed by atoms with van der Waals surface area (Å²) in [7, 11) is 1.62. The molecule has 0 saturated heterocycles. The molecule has 0 aliphatic rings. The lowest BCUT2D eigenvalue weighted by Crippen LogP contribution is -2.21. The molecular formula is C19H22N2O3. The quantitative estimate of drug-likeness (QED) is 0.726. The van der Waals surface area contributed by atoms with Gasteiger partial charge in [0.1, 0.15) is 18.1 Å². The summed E-state index contributed by atoms with van der Waals surface area (Å²) in [6.07, 6.45) is 0. The van der Waals surface area contributed by atoms with Crippen LogP contribution in [0.25, 0.3) is 0 Å². The summed E-state index contributed by atoms with van der Waals surface area (Å²) in [5.41, 5.74) is 2.53. The molecule has 2 aromatic rings. The molecule has 5 heteroatoms. The fourth-order valence-electron chi connectivity index (χ4n) is 1.94. The zero-order valence-electron chi connectivity index (χ0n) is 14.0. The van der Waals surface area contributed by atoms with Crippen LogP contribution in [0.2, 0.25) is 0 Å². The maximum Gasteiger partial charge on any atom is 0.243 e. The molecule has 0 heterocycles. The minimum absolute atomic E-state index is 0.124. The molecule has 0 radical (unpaired) electrons. The third-order valence-corrected chi connectivity index (χ3v) is 3.17. The van der Waals surface area contributed by atoms with Gasteiger partial charge < -0.3 is 20.1 Å². The van der Waals surface area contributed by atoms with Gasteiger partial charge in [-0.25, -0.2) is 0 Å². The van der Waals surface area contributed by atoms with Gasteiger partial charge in [-0.15, -0.1) is 0 Å². The second-order valence-electron chi connectivity index (χ2n) is 5.40. The highest BCUT2D eigenvalue weighted by atomic mass is 16.5. The number of carbonyl (C=O) groups excluding carboxylic acids is 1. The molecule has 126 valence electrons. The number of methoxy groups -OCH3 is 1. The standard InChI is InChI=1S/C19H22N2O3/c1-14(2)13-24-18-10-6-16(7-11-18)21-19(22)12-20-15-4-8-17(23-3)9-5-15/h4-11,20H,1,12-13H2,2-3H3,(H,21,22). The van der Waals surface area contributed by atoms with Crippen LogP contribution in [0.3, 0.4) is 0 Å². The molecule has 0 spiro atoms. The third-order valence-electron chi connectivity index (χ3n) is 3.17. The number of rotatable bonds is 8. The fourth-order valence-corrected chi connectivity index (χ4v) is 1.94. The highest BCUT2D eigenvalue weighted by molar-refractivity contribution is 5.93. The summed E-state index contributed by atoms with van der Waals surface area (Å²) in [6, 6.07) is 14.6. The lowest BCUT2D eigenvalue weighted by Gasteiger charge is -2.10. The molecule has 0 aliphatic carbocycles. The number of carbonyl (C=O) groups is 1. The highest BCUT2D eigenvalue weighted by Crippen LogP contribution is 2.17. The Hall–Kier alpha value is -2.95. The average molecular weight is 326 g/mol. The van der Waals surface area contributed by atoms with Gasteiger partial charge in [-0.2, -0.15) is 0 Å². The first-order chi connectivity index (χ1) is 11.6. The summed E-state index contributed by atoms with van der Waals surface area (Å²) in [4.78, 5) is 12.0. The van der Waals surface area contributed by atoms with Crippen LogP contribution >= 0.6 is 0 Å². The average Bonchev–Trinajstić information content (AvgIpc) is 2.60. The normalized spacial score (nSPS) is 9.92. The largest absolute Gasteiger partial charge is 0.497 e. The van der Waals surface area contributed by atoms with Crippen LogP contribution in [0, 0.1) is 0 Å². The molecule has 0 unspecified atom stereocenters. The summed E-state index contributed by atoms with van der Waals surface area (Å²) in [6.45, 7) is 6.36. The molecule has 0 bridgehead atoms. The topological polar surface area (TPSA) is 59.6 Å². The first-order valence-corrected chi connectivity index (χ1v) is 7.62. The Kier molecular flexibility index (Phi) is 6.25. The smallest absolute Gasteiger partial charge is 0.243 e. The van der Waals surface area contributed by atoms with E-state index in [1.54, 1.807) is 19.2 Å². The molecule has 0 fully saturated rings. The van der Waals surface area contributed by atoms with Crippen molar-refractivity contribution in [2.24, 2.45) is 0 Å². The van der Waals surface area contributed by atoms with Gasteiger partial charge in [0.15, 0.2) is 0 Å². The van der Waals surface area contributed by atoms with E-state index in [-0.39, 0.29) is 12.5 Å². The van der Waals surface area contributed by atoms with Crippen LogP contribution in [0.4, 0.5) is 11.4 Å². The maximum absolute atomic E-state index is 12.0. The van der Waals surface area contributed by atoms with Gasteiger partial charge in [0, 0.05) is 11.4 Å². The summed E-state index contributed by atoms with van der Waals surface area (Å²) < 4.78 is 10.6. The maximum atomic E-state index is 12.0. The van der Waals surface area contributed by atoms with Crippen molar-refractivity contribution in [3.63, 3.8) is 0 Å². The first kappa shape index (κ1) is 17.4. The van der Waals surface area contributed by atoms with E-state index in [1.165, 1.54) is 0 Å². The minimum atomic E-state index is -0.124.